The van der Waals surface area contributed by atoms with Gasteiger partial charge in [-0.25, -0.2) is 8.42 Å². The van der Waals surface area contributed by atoms with Crippen molar-refractivity contribution in [2.75, 3.05) is 17.4 Å². The summed E-state index contributed by atoms with van der Waals surface area (Å²) in [6.07, 6.45) is 1.02. The highest BCUT2D eigenvalue weighted by molar-refractivity contribution is 7.92. The summed E-state index contributed by atoms with van der Waals surface area (Å²) in [5, 5.41) is 3.27. The molecule has 1 amide bonds. The van der Waals surface area contributed by atoms with Gasteiger partial charge in [-0.3, -0.25) is 9.10 Å². The molecule has 1 heterocycles. The minimum Gasteiger partial charge on any atom is -0.454 e. The summed E-state index contributed by atoms with van der Waals surface area (Å²) in [5.41, 5.74) is 1.01. The van der Waals surface area contributed by atoms with Crippen molar-refractivity contribution in [3.05, 3.63) is 52.0 Å². The summed E-state index contributed by atoms with van der Waals surface area (Å²) in [4.78, 5) is 12.6. The second-order valence-electron chi connectivity index (χ2n) is 6.27. The van der Waals surface area contributed by atoms with Crippen molar-refractivity contribution in [2.45, 2.75) is 19.5 Å². The molecule has 1 aliphatic rings. The van der Waals surface area contributed by atoms with E-state index >= 15 is 0 Å². The molecule has 0 aliphatic carbocycles. The molecule has 28 heavy (non-hydrogen) atoms. The second kappa shape index (κ2) is 8.06. The molecule has 2 aromatic rings. The molecule has 2 aromatic carbocycles. The van der Waals surface area contributed by atoms with Crippen molar-refractivity contribution >= 4 is 44.8 Å². The van der Waals surface area contributed by atoms with E-state index in [0.717, 1.165) is 16.1 Å². The monoisotopic (exact) mass is 444 g/mol. The van der Waals surface area contributed by atoms with Gasteiger partial charge in [0.25, 0.3) is 0 Å². The summed E-state index contributed by atoms with van der Waals surface area (Å²) in [6.45, 7) is 1.85. The SMILES string of the molecule is C[C@@H](C(=O)NCc1ccc2c(c1)OCO2)N(c1cc(Cl)cc(Cl)c1)S(C)(=O)=O. The number of sulfonamides is 1. The highest BCUT2D eigenvalue weighted by Gasteiger charge is 2.29. The molecule has 150 valence electrons. The number of carbonyl (C=O) groups excluding carboxylic acids is 1. The van der Waals surface area contributed by atoms with Crippen molar-refractivity contribution in [2.24, 2.45) is 0 Å². The third-order valence-corrected chi connectivity index (χ3v) is 5.77. The van der Waals surface area contributed by atoms with Crippen molar-refractivity contribution < 1.29 is 22.7 Å². The highest BCUT2D eigenvalue weighted by Crippen LogP contribution is 2.32. The number of anilines is 1. The number of hydrogen-bond acceptors (Lipinski definition) is 5. The van der Waals surface area contributed by atoms with Crippen LogP contribution < -0.4 is 19.1 Å². The Morgan fingerprint density at radius 3 is 2.43 bits per heavy atom. The Hall–Kier alpha value is -2.16. The number of ether oxygens (including phenoxy) is 2. The predicted octanol–water partition coefficient (Wildman–Crippen LogP) is 3.19. The highest BCUT2D eigenvalue weighted by atomic mass is 35.5. The first-order chi connectivity index (χ1) is 13.1. The number of rotatable bonds is 6. The van der Waals surface area contributed by atoms with Crippen LogP contribution in [0.1, 0.15) is 12.5 Å². The molecule has 1 atom stereocenters. The molecular formula is C18H18Cl2N2O5S. The van der Waals surface area contributed by atoms with Gasteiger partial charge in [0, 0.05) is 16.6 Å². The second-order valence-corrected chi connectivity index (χ2v) is 9.00. The maximum Gasteiger partial charge on any atom is 0.243 e. The molecule has 7 nitrogen and oxygen atoms in total. The average Bonchev–Trinajstić information content (AvgIpc) is 3.05. The van der Waals surface area contributed by atoms with Gasteiger partial charge >= 0.3 is 0 Å². The lowest BCUT2D eigenvalue weighted by Crippen LogP contribution is -2.47. The Kier molecular flexibility index (Phi) is 5.92. The molecule has 10 heteroatoms. The van der Waals surface area contributed by atoms with Crippen LogP contribution in [0.5, 0.6) is 11.5 Å². The third kappa shape index (κ3) is 4.63. The lowest BCUT2D eigenvalue weighted by Gasteiger charge is -2.28. The van der Waals surface area contributed by atoms with Crippen LogP contribution >= 0.6 is 23.2 Å². The van der Waals surface area contributed by atoms with Crippen molar-refractivity contribution in [3.63, 3.8) is 0 Å². The predicted molar refractivity (Wildman–Crippen MR) is 108 cm³/mol. The van der Waals surface area contributed by atoms with E-state index in [9.17, 15) is 13.2 Å². The maximum absolute atomic E-state index is 12.6. The van der Waals surface area contributed by atoms with Crippen LogP contribution in [-0.4, -0.2) is 33.4 Å². The summed E-state index contributed by atoms with van der Waals surface area (Å²) >= 11 is 12.0. The smallest absolute Gasteiger partial charge is 0.243 e. The quantitative estimate of drug-likeness (QED) is 0.739. The zero-order valence-electron chi connectivity index (χ0n) is 15.1. The van der Waals surface area contributed by atoms with E-state index in [4.69, 9.17) is 32.7 Å². The molecule has 0 saturated carbocycles. The van der Waals surface area contributed by atoms with Crippen LogP contribution in [0.4, 0.5) is 5.69 Å². The van der Waals surface area contributed by atoms with Gasteiger partial charge in [-0.05, 0) is 42.8 Å². The minimum absolute atomic E-state index is 0.160. The van der Waals surface area contributed by atoms with Crippen molar-refractivity contribution in [1.29, 1.82) is 0 Å². The fourth-order valence-electron chi connectivity index (χ4n) is 2.86. The molecule has 0 saturated heterocycles. The van der Waals surface area contributed by atoms with Crippen LogP contribution in [0.15, 0.2) is 36.4 Å². The van der Waals surface area contributed by atoms with Crippen molar-refractivity contribution in [1.82, 2.24) is 5.32 Å². The largest absolute Gasteiger partial charge is 0.454 e. The molecule has 0 aromatic heterocycles. The Morgan fingerprint density at radius 2 is 1.79 bits per heavy atom. The van der Waals surface area contributed by atoms with E-state index in [1.54, 1.807) is 18.2 Å². The summed E-state index contributed by atoms with van der Waals surface area (Å²) in [6, 6.07) is 8.66. The molecule has 0 fully saturated rings. The topological polar surface area (TPSA) is 84.9 Å². The minimum atomic E-state index is -3.77. The van der Waals surface area contributed by atoms with Gasteiger partial charge < -0.3 is 14.8 Å². The van der Waals surface area contributed by atoms with Crippen LogP contribution in [0, 0.1) is 0 Å². The summed E-state index contributed by atoms with van der Waals surface area (Å²) in [7, 11) is -3.77. The molecule has 0 unspecified atom stereocenters. The maximum atomic E-state index is 12.6. The lowest BCUT2D eigenvalue weighted by molar-refractivity contribution is -0.122. The Morgan fingerprint density at radius 1 is 1.14 bits per heavy atom. The van der Waals surface area contributed by atoms with Crippen molar-refractivity contribution in [3.8, 4) is 11.5 Å². The first-order valence-corrected chi connectivity index (χ1v) is 10.9. The average molecular weight is 445 g/mol. The number of nitrogens with one attached hydrogen (secondary N) is 1. The van der Waals surface area contributed by atoms with Gasteiger partial charge in [-0.2, -0.15) is 0 Å². The van der Waals surface area contributed by atoms with Crippen LogP contribution in [0.3, 0.4) is 0 Å². The van der Waals surface area contributed by atoms with Crippen LogP contribution in [-0.2, 0) is 21.4 Å². The Balaban J connectivity index is 1.77. The first kappa shape index (κ1) is 20.6. The number of halogens is 2. The molecular weight excluding hydrogens is 427 g/mol. The molecule has 3 rings (SSSR count). The van der Waals surface area contributed by atoms with Gasteiger partial charge in [-0.15, -0.1) is 0 Å². The number of carbonyl (C=O) groups is 1. The summed E-state index contributed by atoms with van der Waals surface area (Å²) in [5.74, 6) is 0.773. The molecule has 1 aliphatic heterocycles. The molecule has 0 radical (unpaired) electrons. The molecule has 0 bridgehead atoms. The molecule has 0 spiro atoms. The number of benzene rings is 2. The fraction of sp³-hybridized carbons (Fsp3) is 0.278. The number of hydrogen-bond donors (Lipinski definition) is 1. The zero-order chi connectivity index (χ0) is 20.5. The number of amides is 1. The van der Waals surface area contributed by atoms with Crippen LogP contribution in [0.2, 0.25) is 10.0 Å². The fourth-order valence-corrected chi connectivity index (χ4v) is 4.54. The van der Waals surface area contributed by atoms with Crippen LogP contribution in [0.25, 0.3) is 0 Å². The zero-order valence-corrected chi connectivity index (χ0v) is 17.4. The van der Waals surface area contributed by atoms with E-state index in [2.05, 4.69) is 5.32 Å². The first-order valence-electron chi connectivity index (χ1n) is 8.27. The number of fused-ring (bicyclic) bond motifs is 1. The van der Waals surface area contributed by atoms with E-state index in [1.165, 1.54) is 25.1 Å². The number of nitrogens with zero attached hydrogens (tertiary/aromatic N) is 1. The van der Waals surface area contributed by atoms with E-state index in [-0.39, 0.29) is 29.1 Å². The van der Waals surface area contributed by atoms with Gasteiger partial charge in [0.05, 0.1) is 11.9 Å². The van der Waals surface area contributed by atoms with E-state index in [1.807, 2.05) is 0 Å². The Bertz CT molecular complexity index is 993. The van der Waals surface area contributed by atoms with E-state index < -0.39 is 22.0 Å². The van der Waals surface area contributed by atoms with Gasteiger partial charge in [0.2, 0.25) is 22.7 Å². The standard InChI is InChI=1S/C18H18Cl2N2O5S/c1-11(22(28(2,24)25)15-7-13(19)6-14(20)8-15)18(23)21-9-12-3-4-16-17(5-12)27-10-26-16/h3-8,11H,9-10H2,1-2H3,(H,21,23)/t11-/m0/s1. The third-order valence-electron chi connectivity index (χ3n) is 4.09. The van der Waals surface area contributed by atoms with Gasteiger partial charge in [0.15, 0.2) is 11.5 Å². The van der Waals surface area contributed by atoms with Gasteiger partial charge in [0.1, 0.15) is 6.04 Å². The Labute approximate surface area is 173 Å². The lowest BCUT2D eigenvalue weighted by atomic mass is 10.2. The van der Waals surface area contributed by atoms with E-state index in [0.29, 0.717) is 11.5 Å². The normalized spacial score (nSPS) is 13.9. The van der Waals surface area contributed by atoms with Gasteiger partial charge in [-0.1, -0.05) is 29.3 Å². The summed E-state index contributed by atoms with van der Waals surface area (Å²) < 4.78 is 36.2. The molecule has 1 N–H and O–H groups in total.